The molecule has 0 atom stereocenters. The van der Waals surface area contributed by atoms with Crippen LogP contribution in [0.25, 0.3) is 0 Å². The first kappa shape index (κ1) is 14.0. The lowest BCUT2D eigenvalue weighted by Crippen LogP contribution is -2.02. The van der Waals surface area contributed by atoms with Gasteiger partial charge in [0.15, 0.2) is 0 Å². The molecule has 100 valence electrons. The lowest BCUT2D eigenvalue weighted by atomic mass is 10.1. The van der Waals surface area contributed by atoms with E-state index in [-0.39, 0.29) is 5.01 Å². The molecule has 2 N–H and O–H groups in total. The van der Waals surface area contributed by atoms with E-state index in [0.717, 1.165) is 38.3 Å². The first-order valence-corrected chi connectivity index (χ1v) is 7.33. The summed E-state index contributed by atoms with van der Waals surface area (Å²) in [5.41, 5.74) is 4.06. The van der Waals surface area contributed by atoms with Crippen LogP contribution in [0.5, 0.6) is 0 Å². The monoisotopic (exact) mass is 340 g/mol. The van der Waals surface area contributed by atoms with E-state index in [9.17, 15) is 4.79 Å². The summed E-state index contributed by atoms with van der Waals surface area (Å²) in [4.78, 5) is 14.8. The zero-order chi connectivity index (χ0) is 14.0. The van der Waals surface area contributed by atoms with Gasteiger partial charge in [-0.05, 0) is 37.1 Å². The van der Waals surface area contributed by atoms with Gasteiger partial charge in [-0.15, -0.1) is 11.3 Å². The van der Waals surface area contributed by atoms with E-state index in [4.69, 9.17) is 5.11 Å². The van der Waals surface area contributed by atoms with Crippen molar-refractivity contribution in [2.75, 3.05) is 5.32 Å². The largest absolute Gasteiger partial charge is 0.476 e. The van der Waals surface area contributed by atoms with Crippen molar-refractivity contribution in [3.8, 4) is 0 Å². The van der Waals surface area contributed by atoms with E-state index in [1.807, 2.05) is 26.0 Å². The second-order valence-corrected chi connectivity index (χ2v) is 5.88. The fraction of sp³-hybridized carbons (Fsp3) is 0.231. The topological polar surface area (TPSA) is 62.2 Å². The van der Waals surface area contributed by atoms with Crippen molar-refractivity contribution >= 4 is 38.9 Å². The Labute approximate surface area is 123 Å². The third kappa shape index (κ3) is 3.33. The Morgan fingerprint density at radius 2 is 2.05 bits per heavy atom. The number of carboxylic acids is 1. The van der Waals surface area contributed by atoms with Crippen molar-refractivity contribution < 1.29 is 9.90 Å². The second kappa shape index (κ2) is 5.71. The van der Waals surface area contributed by atoms with E-state index in [1.165, 1.54) is 0 Å². The Kier molecular flexibility index (Phi) is 4.21. The zero-order valence-electron chi connectivity index (χ0n) is 10.5. The van der Waals surface area contributed by atoms with Gasteiger partial charge < -0.3 is 10.4 Å². The molecule has 1 aromatic heterocycles. The van der Waals surface area contributed by atoms with E-state index in [1.54, 1.807) is 5.38 Å². The van der Waals surface area contributed by atoms with E-state index >= 15 is 0 Å². The van der Waals surface area contributed by atoms with Gasteiger partial charge in [-0.25, -0.2) is 9.78 Å². The van der Waals surface area contributed by atoms with Crippen LogP contribution in [-0.2, 0) is 6.54 Å². The quantitative estimate of drug-likeness (QED) is 0.887. The summed E-state index contributed by atoms with van der Waals surface area (Å²) in [5.74, 6) is -0.980. The van der Waals surface area contributed by atoms with Crippen molar-refractivity contribution in [3.05, 3.63) is 43.8 Å². The highest BCUT2D eigenvalue weighted by molar-refractivity contribution is 9.10. The van der Waals surface area contributed by atoms with Crippen LogP contribution < -0.4 is 5.32 Å². The molecule has 1 aromatic carbocycles. The lowest BCUT2D eigenvalue weighted by molar-refractivity contribution is 0.0696. The molecule has 0 aliphatic rings. The normalized spacial score (nSPS) is 10.5. The molecule has 6 heteroatoms. The highest BCUT2D eigenvalue weighted by atomic mass is 79.9. The van der Waals surface area contributed by atoms with Crippen LogP contribution in [-0.4, -0.2) is 16.1 Å². The van der Waals surface area contributed by atoms with E-state index < -0.39 is 5.97 Å². The minimum absolute atomic E-state index is 0.125. The molecule has 0 spiro atoms. The van der Waals surface area contributed by atoms with Gasteiger partial charge >= 0.3 is 5.97 Å². The lowest BCUT2D eigenvalue weighted by Gasteiger charge is -2.09. The number of aromatic carboxylic acids is 1. The number of aromatic nitrogens is 1. The van der Waals surface area contributed by atoms with Crippen LogP contribution in [0.4, 0.5) is 5.69 Å². The molecule has 19 heavy (non-hydrogen) atoms. The molecule has 0 unspecified atom stereocenters. The van der Waals surface area contributed by atoms with Crippen LogP contribution in [0.3, 0.4) is 0 Å². The maximum absolute atomic E-state index is 10.7. The van der Waals surface area contributed by atoms with Crippen LogP contribution in [0.1, 0.15) is 26.6 Å². The van der Waals surface area contributed by atoms with Crippen molar-refractivity contribution in [2.45, 2.75) is 20.4 Å². The highest BCUT2D eigenvalue weighted by Crippen LogP contribution is 2.25. The molecule has 0 fully saturated rings. The number of thiazole rings is 1. The molecule has 1 heterocycles. The molecule has 0 aliphatic carbocycles. The van der Waals surface area contributed by atoms with Crippen LogP contribution in [0.15, 0.2) is 22.0 Å². The molecule has 0 radical (unpaired) electrons. The summed E-state index contributed by atoms with van der Waals surface area (Å²) >= 11 is 4.67. The number of anilines is 1. The highest BCUT2D eigenvalue weighted by Gasteiger charge is 2.09. The Morgan fingerprint density at radius 1 is 1.42 bits per heavy atom. The number of carboxylic acid groups (broad SMARTS) is 1. The molecule has 0 amide bonds. The smallest absolute Gasteiger partial charge is 0.365 e. The van der Waals surface area contributed by atoms with Crippen LogP contribution >= 0.6 is 27.3 Å². The zero-order valence-corrected chi connectivity index (χ0v) is 12.9. The Bertz CT molecular complexity index is 602. The number of hydrogen-bond acceptors (Lipinski definition) is 4. The number of carbonyl (C=O) groups is 1. The summed E-state index contributed by atoms with van der Waals surface area (Å²) < 4.78 is 1.11. The first-order valence-electron chi connectivity index (χ1n) is 5.65. The van der Waals surface area contributed by atoms with Gasteiger partial charge in [0.1, 0.15) is 0 Å². The number of aryl methyl sites for hydroxylation is 2. The summed E-state index contributed by atoms with van der Waals surface area (Å²) in [6, 6.07) is 4.09. The molecule has 4 nitrogen and oxygen atoms in total. The predicted octanol–water partition coefficient (Wildman–Crippen LogP) is 3.83. The molecule has 0 saturated carbocycles. The van der Waals surface area contributed by atoms with Crippen molar-refractivity contribution in [2.24, 2.45) is 0 Å². The van der Waals surface area contributed by atoms with Gasteiger partial charge in [0, 0.05) is 15.5 Å². The number of halogens is 1. The van der Waals surface area contributed by atoms with Gasteiger partial charge in [0.05, 0.1) is 12.2 Å². The van der Waals surface area contributed by atoms with E-state index in [2.05, 4.69) is 26.2 Å². The van der Waals surface area contributed by atoms with Crippen molar-refractivity contribution in [1.82, 2.24) is 4.98 Å². The number of nitrogens with one attached hydrogen (secondary N) is 1. The average molecular weight is 341 g/mol. The minimum atomic E-state index is -0.980. The van der Waals surface area contributed by atoms with E-state index in [0.29, 0.717) is 6.54 Å². The molecular formula is C13H13BrN2O2S. The predicted molar refractivity (Wildman–Crippen MR) is 80.0 cm³/mol. The van der Waals surface area contributed by atoms with Gasteiger partial charge in [-0.1, -0.05) is 15.9 Å². The van der Waals surface area contributed by atoms with Crippen LogP contribution in [0.2, 0.25) is 0 Å². The Hall–Kier alpha value is -1.40. The molecule has 2 rings (SSSR count). The fourth-order valence-electron chi connectivity index (χ4n) is 1.73. The van der Waals surface area contributed by atoms with Crippen LogP contribution in [0, 0.1) is 13.8 Å². The van der Waals surface area contributed by atoms with Crippen molar-refractivity contribution in [3.63, 3.8) is 0 Å². The number of hydrogen-bond donors (Lipinski definition) is 2. The molecule has 0 saturated heterocycles. The minimum Gasteiger partial charge on any atom is -0.476 e. The summed E-state index contributed by atoms with van der Waals surface area (Å²) in [5, 5.41) is 13.9. The molecule has 0 bridgehead atoms. The molecule has 2 aromatic rings. The van der Waals surface area contributed by atoms with Gasteiger partial charge in [0.25, 0.3) is 0 Å². The summed E-state index contributed by atoms with van der Waals surface area (Å²) in [7, 11) is 0. The Balaban J connectivity index is 2.08. The maximum atomic E-state index is 10.7. The van der Waals surface area contributed by atoms with Crippen molar-refractivity contribution in [1.29, 1.82) is 0 Å². The summed E-state index contributed by atoms with van der Waals surface area (Å²) in [6.07, 6.45) is 0. The first-order chi connectivity index (χ1) is 8.97. The number of nitrogens with zero attached hydrogens (tertiary/aromatic N) is 1. The SMILES string of the molecule is Cc1cc(NCc2csc(C(=O)O)n2)cc(C)c1Br. The molecular weight excluding hydrogens is 328 g/mol. The average Bonchev–Trinajstić information content (AvgIpc) is 2.82. The third-order valence-corrected chi connectivity index (χ3v) is 4.77. The molecule has 0 aliphatic heterocycles. The number of rotatable bonds is 4. The third-order valence-electron chi connectivity index (χ3n) is 2.64. The Morgan fingerprint density at radius 3 is 2.58 bits per heavy atom. The summed E-state index contributed by atoms with van der Waals surface area (Å²) in [6.45, 7) is 4.59. The standard InChI is InChI=1S/C13H13BrN2O2S/c1-7-3-9(4-8(2)11(7)14)15-5-10-6-19-12(16-10)13(17)18/h3-4,6,15H,5H2,1-2H3,(H,17,18). The fourth-order valence-corrected chi connectivity index (χ4v) is 2.61. The maximum Gasteiger partial charge on any atom is 0.365 e. The van der Waals surface area contributed by atoms with Gasteiger partial charge in [0.2, 0.25) is 5.01 Å². The van der Waals surface area contributed by atoms with Gasteiger partial charge in [-0.2, -0.15) is 0 Å². The second-order valence-electron chi connectivity index (χ2n) is 4.23. The number of benzene rings is 1. The van der Waals surface area contributed by atoms with Gasteiger partial charge in [-0.3, -0.25) is 0 Å².